The molecule has 0 saturated carbocycles. The third kappa shape index (κ3) is 6.32. The van der Waals surface area contributed by atoms with Gasteiger partial charge in [-0.25, -0.2) is 4.39 Å². The van der Waals surface area contributed by atoms with Crippen molar-refractivity contribution < 1.29 is 31.9 Å². The molecule has 14 heteroatoms. The second kappa shape index (κ2) is 10.6. The number of rotatable bonds is 7. The number of ether oxygens (including phenoxy) is 1. The molecule has 0 radical (unpaired) electrons. The number of carbonyl (C=O) groups excluding carboxylic acids is 2. The Hall–Kier alpha value is -3.36. The number of hydrogen-bond donors (Lipinski definition) is 2. The Morgan fingerprint density at radius 1 is 1.14 bits per heavy atom. The number of nitrogens with two attached hydrogens (primary N) is 1. The summed E-state index contributed by atoms with van der Waals surface area (Å²) >= 11 is 0.882. The summed E-state index contributed by atoms with van der Waals surface area (Å²) < 4.78 is 58.0. The first-order valence-electron chi connectivity index (χ1n) is 11.2. The summed E-state index contributed by atoms with van der Waals surface area (Å²) in [6.45, 7) is 2.56. The molecule has 1 aromatic carbocycles. The zero-order valence-electron chi connectivity index (χ0n) is 19.7. The predicted octanol–water partition coefficient (Wildman–Crippen LogP) is 2.14. The van der Waals surface area contributed by atoms with Crippen LogP contribution in [0.1, 0.15) is 11.4 Å². The van der Waals surface area contributed by atoms with Crippen LogP contribution >= 0.6 is 11.3 Å². The monoisotopic (exact) mass is 540 g/mol. The first-order valence-corrected chi connectivity index (χ1v) is 12.1. The molecule has 1 aliphatic carbocycles. The van der Waals surface area contributed by atoms with E-state index in [4.69, 9.17) is 5.73 Å². The highest BCUT2D eigenvalue weighted by Gasteiger charge is 2.49. The minimum atomic E-state index is -5.10. The summed E-state index contributed by atoms with van der Waals surface area (Å²) in [4.78, 5) is 29.2. The number of halogens is 4. The Bertz CT molecular complexity index is 1220. The van der Waals surface area contributed by atoms with Gasteiger partial charge in [0.2, 0.25) is 11.8 Å². The highest BCUT2D eigenvalue weighted by atomic mass is 32.1. The second-order valence-electron chi connectivity index (χ2n) is 8.76. The van der Waals surface area contributed by atoms with Gasteiger partial charge in [0.15, 0.2) is 10.5 Å². The van der Waals surface area contributed by atoms with E-state index in [1.54, 1.807) is 0 Å². The average Bonchev–Trinajstić information content (AvgIpc) is 3.32. The van der Waals surface area contributed by atoms with Crippen LogP contribution < -0.4 is 11.1 Å². The van der Waals surface area contributed by atoms with Gasteiger partial charge in [0.25, 0.3) is 0 Å². The molecule has 9 nitrogen and oxygen atoms in total. The number of nitrogens with one attached hydrogen (secondary N) is 1. The number of likely N-dealkylation sites (N-methyl/N-ethyl adjacent to an activating group) is 1. The Labute approximate surface area is 213 Å². The lowest BCUT2D eigenvalue weighted by molar-refractivity contribution is -0.310. The number of nitrogens with zero attached hydrogens (tertiary/aromatic N) is 4. The predicted molar refractivity (Wildman–Crippen MR) is 126 cm³/mol. The molecule has 1 fully saturated rings. The van der Waals surface area contributed by atoms with Crippen molar-refractivity contribution in [2.75, 3.05) is 39.8 Å². The fraction of sp³-hybridized carbons (Fsp3) is 0.391. The molecule has 2 aromatic rings. The third-order valence-electron chi connectivity index (χ3n) is 6.05. The van der Waals surface area contributed by atoms with E-state index in [1.807, 2.05) is 11.9 Å². The van der Waals surface area contributed by atoms with Gasteiger partial charge in [0.1, 0.15) is 16.6 Å². The maximum atomic E-state index is 13.4. The molecule has 4 rings (SSSR count). The number of hydrogen-bond acceptors (Lipinski definition) is 8. The molecule has 1 atom stereocenters. The molecule has 37 heavy (non-hydrogen) atoms. The van der Waals surface area contributed by atoms with Gasteiger partial charge in [-0.2, -0.15) is 0 Å². The molecule has 3 N–H and O–H groups in total. The third-order valence-corrected chi connectivity index (χ3v) is 7.19. The molecular formula is C23H24F4N6O3S. The van der Waals surface area contributed by atoms with Gasteiger partial charge in [-0.05, 0) is 37.4 Å². The Morgan fingerprint density at radius 3 is 2.43 bits per heavy atom. The Balaban J connectivity index is 1.73. The number of piperazine rings is 1. The summed E-state index contributed by atoms with van der Waals surface area (Å²) in [5.74, 6) is -2.62. The normalized spacial score (nSPS) is 21.2. The standard InChI is InChI=1S/C23H24F4N6O3S/c1-32-8-10-33(11-9-32)13-18(34)29-22(12-15(19(28)35)4-7-17(22)36-23(25,26)27)21-31-30-20(37-21)14-2-5-16(24)6-3-14/h2-7H,8-13H2,1H3,(H2,28,35)(H,29,34). The summed E-state index contributed by atoms with van der Waals surface area (Å²) in [7, 11) is 1.95. The first-order chi connectivity index (χ1) is 17.4. The van der Waals surface area contributed by atoms with Gasteiger partial charge in [0, 0.05) is 43.7 Å². The van der Waals surface area contributed by atoms with Gasteiger partial charge in [-0.1, -0.05) is 17.4 Å². The molecule has 2 aliphatic rings. The van der Waals surface area contributed by atoms with Crippen molar-refractivity contribution in [2.24, 2.45) is 5.73 Å². The summed E-state index contributed by atoms with van der Waals surface area (Å²) in [6, 6.07) is 5.29. The van der Waals surface area contributed by atoms with Crippen LogP contribution in [0.2, 0.25) is 0 Å². The van der Waals surface area contributed by atoms with Crippen molar-refractivity contribution in [3.8, 4) is 10.6 Å². The smallest absolute Gasteiger partial charge is 0.407 e. The van der Waals surface area contributed by atoms with Crippen molar-refractivity contribution in [1.82, 2.24) is 25.3 Å². The number of aromatic nitrogens is 2. The fourth-order valence-corrected chi connectivity index (χ4v) is 5.10. The zero-order chi connectivity index (χ0) is 26.8. The highest BCUT2D eigenvalue weighted by molar-refractivity contribution is 7.14. The molecule has 0 spiro atoms. The lowest BCUT2D eigenvalue weighted by atomic mass is 9.84. The number of allylic oxidation sites excluding steroid dienone is 2. The maximum Gasteiger partial charge on any atom is 0.572 e. The van der Waals surface area contributed by atoms with Gasteiger partial charge in [-0.3, -0.25) is 14.5 Å². The SMILES string of the molecule is CN1CCN(CC(=O)NC2(c3nnc(-c4ccc(F)cc4)s3)CC(C(N)=O)=CC=C2OC(F)(F)F)CC1. The van der Waals surface area contributed by atoms with E-state index in [2.05, 4.69) is 25.2 Å². The van der Waals surface area contributed by atoms with Gasteiger partial charge in [-0.15, -0.1) is 23.4 Å². The topological polar surface area (TPSA) is 114 Å². The second-order valence-corrected chi connectivity index (χ2v) is 9.74. The number of alkyl halides is 3. The quantitative estimate of drug-likeness (QED) is 0.518. The summed E-state index contributed by atoms with van der Waals surface area (Å²) in [5.41, 5.74) is 3.88. The van der Waals surface area contributed by atoms with E-state index in [0.717, 1.165) is 36.6 Å². The van der Waals surface area contributed by atoms with Crippen molar-refractivity contribution in [3.05, 3.63) is 58.6 Å². The lowest BCUT2D eigenvalue weighted by Crippen LogP contribution is -2.54. The van der Waals surface area contributed by atoms with Crippen LogP contribution in [0.4, 0.5) is 17.6 Å². The molecular weight excluding hydrogens is 516 g/mol. The van der Waals surface area contributed by atoms with E-state index < -0.39 is 41.7 Å². The fourth-order valence-electron chi connectivity index (χ4n) is 4.10. The number of carbonyl (C=O) groups is 2. The number of primary amides is 1. The van der Waals surface area contributed by atoms with Crippen molar-refractivity contribution >= 4 is 23.2 Å². The minimum absolute atomic E-state index is 0.0343. The lowest BCUT2D eigenvalue weighted by Gasteiger charge is -2.38. The van der Waals surface area contributed by atoms with E-state index in [1.165, 1.54) is 24.3 Å². The first kappa shape index (κ1) is 26.7. The molecule has 1 unspecified atom stereocenters. The van der Waals surface area contributed by atoms with Gasteiger partial charge >= 0.3 is 6.36 Å². The molecule has 2 amide bonds. The van der Waals surface area contributed by atoms with Crippen molar-refractivity contribution in [3.63, 3.8) is 0 Å². The Kier molecular flexibility index (Phi) is 7.62. The van der Waals surface area contributed by atoms with Gasteiger partial charge < -0.3 is 20.7 Å². The van der Waals surface area contributed by atoms with E-state index in [-0.39, 0.29) is 22.1 Å². The van der Waals surface area contributed by atoms with E-state index in [9.17, 15) is 27.2 Å². The zero-order valence-corrected chi connectivity index (χ0v) is 20.5. The molecule has 2 heterocycles. The molecule has 1 aliphatic heterocycles. The van der Waals surface area contributed by atoms with Crippen LogP contribution in [-0.4, -0.2) is 77.9 Å². The van der Waals surface area contributed by atoms with Crippen LogP contribution in [0, 0.1) is 5.82 Å². The van der Waals surface area contributed by atoms with Crippen LogP contribution in [0.3, 0.4) is 0 Å². The average molecular weight is 541 g/mol. The molecule has 1 aromatic heterocycles. The molecule has 198 valence electrons. The van der Waals surface area contributed by atoms with Gasteiger partial charge in [0.05, 0.1) is 6.54 Å². The van der Waals surface area contributed by atoms with Crippen LogP contribution in [0.15, 0.2) is 47.7 Å². The van der Waals surface area contributed by atoms with Crippen LogP contribution in [0.5, 0.6) is 0 Å². The van der Waals surface area contributed by atoms with E-state index >= 15 is 0 Å². The van der Waals surface area contributed by atoms with E-state index in [0.29, 0.717) is 18.7 Å². The van der Waals surface area contributed by atoms with Crippen molar-refractivity contribution in [1.29, 1.82) is 0 Å². The van der Waals surface area contributed by atoms with Crippen molar-refractivity contribution in [2.45, 2.75) is 18.3 Å². The largest absolute Gasteiger partial charge is 0.572 e. The highest BCUT2D eigenvalue weighted by Crippen LogP contribution is 2.44. The number of amides is 2. The van der Waals surface area contributed by atoms with Crippen LogP contribution in [-0.2, 0) is 19.9 Å². The van der Waals surface area contributed by atoms with Crippen LogP contribution in [0.25, 0.3) is 10.6 Å². The molecule has 1 saturated heterocycles. The molecule has 0 bridgehead atoms. The maximum absolute atomic E-state index is 13.4. The Morgan fingerprint density at radius 2 is 1.81 bits per heavy atom. The summed E-state index contributed by atoms with van der Waals surface area (Å²) in [5, 5.41) is 11.0. The number of benzene rings is 1. The minimum Gasteiger partial charge on any atom is -0.407 e. The summed E-state index contributed by atoms with van der Waals surface area (Å²) in [6.07, 6.45) is -3.46.